The van der Waals surface area contributed by atoms with Gasteiger partial charge in [-0.25, -0.2) is 8.42 Å². The summed E-state index contributed by atoms with van der Waals surface area (Å²) < 4.78 is 27.3. The van der Waals surface area contributed by atoms with E-state index >= 15 is 0 Å². The Hall–Kier alpha value is -1.05. The van der Waals surface area contributed by atoms with Crippen LogP contribution in [0.15, 0.2) is 23.1 Å². The Balaban J connectivity index is 1.90. The zero-order valence-corrected chi connectivity index (χ0v) is 13.6. The third kappa shape index (κ3) is 2.69. The number of nitrogens with zero attached hydrogens (tertiary/aromatic N) is 1. The number of nitrogens with one attached hydrogen (secondary N) is 1. The van der Waals surface area contributed by atoms with Crippen LogP contribution >= 0.6 is 11.8 Å². The molecule has 1 N–H and O–H groups in total. The van der Waals surface area contributed by atoms with Crippen molar-refractivity contribution in [2.24, 2.45) is 0 Å². The predicted octanol–water partition coefficient (Wildman–Crippen LogP) is 1.83. The van der Waals surface area contributed by atoms with Gasteiger partial charge in [0.25, 0.3) is 0 Å². The van der Waals surface area contributed by atoms with E-state index in [4.69, 9.17) is 0 Å². The van der Waals surface area contributed by atoms with Crippen LogP contribution in [0.5, 0.6) is 0 Å². The number of sulfonamides is 1. The molecule has 0 radical (unpaired) electrons. The number of amides is 1. The van der Waals surface area contributed by atoms with E-state index in [1.807, 2.05) is 11.8 Å². The Bertz CT molecular complexity index is 687. The third-order valence-electron chi connectivity index (χ3n) is 3.93. The summed E-state index contributed by atoms with van der Waals surface area (Å²) in [6.07, 6.45) is 0.965. The molecule has 0 aromatic heterocycles. The molecule has 5 nitrogen and oxygen atoms in total. The van der Waals surface area contributed by atoms with Gasteiger partial charge in [0.1, 0.15) is 0 Å². The van der Waals surface area contributed by atoms with Gasteiger partial charge in [-0.3, -0.25) is 4.79 Å². The maximum absolute atomic E-state index is 12.8. The first-order valence-corrected chi connectivity index (χ1v) is 9.38. The minimum absolute atomic E-state index is 0.138. The Kier molecular flexibility index (Phi) is 3.75. The average Bonchev–Trinajstić information content (AvgIpc) is 3.00. The molecule has 2 heterocycles. The molecule has 1 aromatic carbocycles. The summed E-state index contributed by atoms with van der Waals surface area (Å²) in [7, 11) is -3.44. The van der Waals surface area contributed by atoms with Gasteiger partial charge < -0.3 is 5.32 Å². The number of fused-ring (bicyclic) bond motifs is 2. The van der Waals surface area contributed by atoms with Gasteiger partial charge in [-0.1, -0.05) is 0 Å². The number of hydrogen-bond acceptors (Lipinski definition) is 4. The van der Waals surface area contributed by atoms with E-state index in [9.17, 15) is 13.2 Å². The molecule has 2 aliphatic rings. The summed E-state index contributed by atoms with van der Waals surface area (Å²) in [6.45, 7) is 3.81. The quantitative estimate of drug-likeness (QED) is 0.920. The molecule has 2 atom stereocenters. The van der Waals surface area contributed by atoms with E-state index < -0.39 is 10.0 Å². The highest BCUT2D eigenvalue weighted by Gasteiger charge is 2.45. The molecule has 2 bridgehead atoms. The molecule has 0 saturated carbocycles. The molecular weight excluding hydrogens is 308 g/mol. The van der Waals surface area contributed by atoms with Gasteiger partial charge in [0.2, 0.25) is 15.9 Å². The number of hydrogen-bond donors (Lipinski definition) is 1. The molecule has 2 unspecified atom stereocenters. The van der Waals surface area contributed by atoms with Gasteiger partial charge in [-0.2, -0.15) is 16.1 Å². The molecule has 0 aliphatic carbocycles. The average molecular weight is 326 g/mol. The van der Waals surface area contributed by atoms with Crippen molar-refractivity contribution in [3.63, 3.8) is 0 Å². The van der Waals surface area contributed by atoms with Gasteiger partial charge in [-0.15, -0.1) is 0 Å². The number of thioether (sulfide) groups is 1. The van der Waals surface area contributed by atoms with Gasteiger partial charge in [0.15, 0.2) is 0 Å². The third-order valence-corrected chi connectivity index (χ3v) is 7.40. The highest BCUT2D eigenvalue weighted by Crippen LogP contribution is 2.40. The van der Waals surface area contributed by atoms with Crippen LogP contribution in [0, 0.1) is 6.92 Å². The minimum Gasteiger partial charge on any atom is -0.326 e. The van der Waals surface area contributed by atoms with Crippen molar-refractivity contribution < 1.29 is 13.2 Å². The normalized spacial score (nSPS) is 25.2. The Morgan fingerprint density at radius 3 is 2.71 bits per heavy atom. The first-order chi connectivity index (χ1) is 9.88. The summed E-state index contributed by atoms with van der Waals surface area (Å²) in [5.74, 6) is 0.728. The predicted molar refractivity (Wildman–Crippen MR) is 84.0 cm³/mol. The molecule has 0 spiro atoms. The molecule has 2 aliphatic heterocycles. The van der Waals surface area contributed by atoms with E-state index in [1.54, 1.807) is 29.4 Å². The van der Waals surface area contributed by atoms with Crippen LogP contribution < -0.4 is 5.32 Å². The smallest absolute Gasteiger partial charge is 0.243 e. The molecule has 2 fully saturated rings. The van der Waals surface area contributed by atoms with Gasteiger partial charge in [0, 0.05) is 36.2 Å². The summed E-state index contributed by atoms with van der Waals surface area (Å²) in [5, 5.41) is 3.12. The van der Waals surface area contributed by atoms with Gasteiger partial charge in [0.05, 0.1) is 4.90 Å². The minimum atomic E-state index is -3.44. The number of anilines is 1. The number of carbonyl (C=O) groups is 1. The molecule has 7 heteroatoms. The maximum Gasteiger partial charge on any atom is 0.243 e. The van der Waals surface area contributed by atoms with E-state index in [2.05, 4.69) is 5.32 Å². The number of carbonyl (C=O) groups excluding carboxylic acids is 1. The zero-order valence-electron chi connectivity index (χ0n) is 12.0. The van der Waals surface area contributed by atoms with Crippen molar-refractivity contribution in [3.05, 3.63) is 23.8 Å². The largest absolute Gasteiger partial charge is 0.326 e. The Labute approximate surface area is 129 Å². The van der Waals surface area contributed by atoms with Crippen molar-refractivity contribution >= 4 is 33.4 Å². The highest BCUT2D eigenvalue weighted by atomic mass is 32.2. The van der Waals surface area contributed by atoms with E-state index in [0.717, 1.165) is 12.2 Å². The van der Waals surface area contributed by atoms with Crippen molar-refractivity contribution in [2.45, 2.75) is 36.5 Å². The number of aryl methyl sites for hydroxylation is 1. The SMILES string of the molecule is CC(=O)Nc1ccc(S(=O)(=O)N2CC3CC2CS3)c(C)c1. The molecule has 2 saturated heterocycles. The van der Waals surface area contributed by atoms with Crippen molar-refractivity contribution in [1.29, 1.82) is 0 Å². The number of benzene rings is 1. The molecule has 1 amide bonds. The van der Waals surface area contributed by atoms with Crippen LogP contribution in [0.2, 0.25) is 0 Å². The van der Waals surface area contributed by atoms with Crippen LogP contribution in [0.1, 0.15) is 18.9 Å². The topological polar surface area (TPSA) is 66.5 Å². The fourth-order valence-electron chi connectivity index (χ4n) is 3.00. The zero-order chi connectivity index (χ0) is 15.2. The molecular formula is C14H18N2O3S2. The number of rotatable bonds is 3. The summed E-state index contributed by atoms with van der Waals surface area (Å²) in [5.41, 5.74) is 1.29. The molecule has 114 valence electrons. The fraction of sp³-hybridized carbons (Fsp3) is 0.500. The molecule has 3 rings (SSSR count). The Morgan fingerprint density at radius 2 is 2.19 bits per heavy atom. The highest BCUT2D eigenvalue weighted by molar-refractivity contribution is 8.00. The van der Waals surface area contributed by atoms with Crippen LogP contribution in [0.25, 0.3) is 0 Å². The van der Waals surface area contributed by atoms with Crippen molar-refractivity contribution in [1.82, 2.24) is 4.31 Å². The summed E-state index contributed by atoms with van der Waals surface area (Å²) in [6, 6.07) is 5.08. The van der Waals surface area contributed by atoms with Crippen LogP contribution in [-0.4, -0.2) is 42.2 Å². The fourth-order valence-corrected chi connectivity index (χ4v) is 6.52. The summed E-state index contributed by atoms with van der Waals surface area (Å²) >= 11 is 1.87. The Morgan fingerprint density at radius 1 is 1.43 bits per heavy atom. The lowest BCUT2D eigenvalue weighted by Gasteiger charge is -2.26. The van der Waals surface area contributed by atoms with Crippen molar-refractivity contribution in [2.75, 3.05) is 17.6 Å². The van der Waals surface area contributed by atoms with Crippen LogP contribution in [0.3, 0.4) is 0 Å². The van der Waals surface area contributed by atoms with E-state index in [-0.39, 0.29) is 11.9 Å². The lowest BCUT2D eigenvalue weighted by Crippen LogP contribution is -2.39. The maximum atomic E-state index is 12.8. The molecule has 1 aromatic rings. The van der Waals surface area contributed by atoms with Gasteiger partial charge in [-0.05, 0) is 37.1 Å². The van der Waals surface area contributed by atoms with Crippen LogP contribution in [0.4, 0.5) is 5.69 Å². The first kappa shape index (κ1) is 14.9. The van der Waals surface area contributed by atoms with Crippen molar-refractivity contribution in [3.8, 4) is 0 Å². The van der Waals surface area contributed by atoms with Crippen LogP contribution in [-0.2, 0) is 14.8 Å². The summed E-state index contributed by atoms with van der Waals surface area (Å²) in [4.78, 5) is 11.4. The monoisotopic (exact) mass is 326 g/mol. The van der Waals surface area contributed by atoms with Gasteiger partial charge >= 0.3 is 0 Å². The second-order valence-corrected chi connectivity index (χ2v) is 8.77. The second kappa shape index (κ2) is 5.30. The van der Waals surface area contributed by atoms with E-state index in [1.165, 1.54) is 6.92 Å². The van der Waals surface area contributed by atoms with E-state index in [0.29, 0.717) is 27.9 Å². The molecule has 21 heavy (non-hydrogen) atoms. The standard InChI is InChI=1S/C14H18N2O3S2/c1-9-5-11(15-10(2)17)3-4-14(9)21(18,19)16-7-13-6-12(16)8-20-13/h3-5,12-13H,6-8H2,1-2H3,(H,15,17). The lowest BCUT2D eigenvalue weighted by molar-refractivity contribution is -0.114. The second-order valence-electron chi connectivity index (χ2n) is 5.58. The lowest BCUT2D eigenvalue weighted by atomic mass is 10.2. The first-order valence-electron chi connectivity index (χ1n) is 6.89.